The first-order chi connectivity index (χ1) is 38.6. The van der Waals surface area contributed by atoms with Crippen molar-refractivity contribution >= 4 is 133 Å². The van der Waals surface area contributed by atoms with Gasteiger partial charge in [-0.25, -0.2) is 19.9 Å². The van der Waals surface area contributed by atoms with E-state index >= 15 is 0 Å². The van der Waals surface area contributed by atoms with Gasteiger partial charge in [0.25, 0.3) is 0 Å². The summed E-state index contributed by atoms with van der Waals surface area (Å²) in [6.45, 7) is 1.08. The normalized spacial score (nSPS) is 17.5. The number of ether oxygens (including phenoxy) is 2. The SMILES string of the molecule is O=C1CCCN1c1ncccc1Nc1nc(Cl)ncc1Cl.[2H]C([2H])([2H])N1CCN(c2cc(OC)c(N)cc2Cl)CC1.[2H]C([2H])([2H])N1CCN(c2cc(OC)c(Nc3ncc(Cl)c(Nc4cccnc4N4CCCC4=O)n3)cc2Cl)CC1. The van der Waals surface area contributed by atoms with Gasteiger partial charge in [0.1, 0.15) is 21.5 Å². The first-order valence-corrected chi connectivity index (χ1v) is 25.5. The number of methoxy groups -OCH3 is 2. The zero-order valence-electron chi connectivity index (χ0n) is 46.8. The maximum atomic E-state index is 12.3. The Balaban J connectivity index is 0.000000176. The van der Waals surface area contributed by atoms with E-state index in [1.807, 2.05) is 9.80 Å². The number of aromatic nitrogens is 6. The number of pyridine rings is 2. The lowest BCUT2D eigenvalue weighted by molar-refractivity contribution is -0.117. The van der Waals surface area contributed by atoms with Gasteiger partial charge in [-0.15, -0.1) is 0 Å². The van der Waals surface area contributed by atoms with Crippen molar-refractivity contribution in [3.8, 4) is 11.5 Å². The standard InChI is InChI=1S/C25H28Cl2N8O2.C13H11Cl2N5O.C12H18ClN3O/c1-33-9-11-34(12-10-33)20-14-21(37-2)19(13-16(20)26)31-25-29-15-17(27)23(32-25)30-18-5-3-7-28-24(18)35-8-4-6-22(35)36;14-8-7-17-13(15)19-11(8)18-9-3-1-5-16-12(9)20-6-2-4-10(20)21;1-15-3-5-16(6-4-15)11-8-12(17-2)10(14)7-9(11)13/h3,5,7,13-15H,4,6,8-12H2,1-2H3,(H2,29,30,31,32);1,3,5,7H,2,4,6H2,(H,17,18,19);7-8H,3-6,14H2,1-2H3/i1D3;;1D3. The van der Waals surface area contributed by atoms with E-state index in [4.69, 9.17) is 81.4 Å². The summed E-state index contributed by atoms with van der Waals surface area (Å²) >= 11 is 31.1. The van der Waals surface area contributed by atoms with Crippen molar-refractivity contribution in [1.29, 1.82) is 0 Å². The molecule has 2 aromatic carbocycles. The monoisotopic (exact) mass is 1130 g/mol. The minimum absolute atomic E-state index is 0.0180. The van der Waals surface area contributed by atoms with Crippen LogP contribution in [0.15, 0.2) is 73.3 Å². The maximum Gasteiger partial charge on any atom is 0.229 e. The second kappa shape index (κ2) is 25.4. The molecule has 2 amide bonds. The molecular formula is C50H57Cl5N16O4. The van der Waals surface area contributed by atoms with Crippen molar-refractivity contribution in [1.82, 2.24) is 39.7 Å². The van der Waals surface area contributed by atoms with E-state index in [2.05, 4.69) is 45.9 Å². The predicted molar refractivity (Wildman–Crippen MR) is 300 cm³/mol. The number of carbonyl (C=O) groups is 2. The molecule has 4 aliphatic heterocycles. The molecule has 20 nitrogen and oxygen atoms in total. The van der Waals surface area contributed by atoms with Gasteiger partial charge in [-0.3, -0.25) is 19.4 Å². The lowest BCUT2D eigenvalue weighted by Crippen LogP contribution is -2.44. The van der Waals surface area contributed by atoms with Gasteiger partial charge in [0, 0.05) is 111 Å². The highest BCUT2D eigenvalue weighted by molar-refractivity contribution is 6.35. The summed E-state index contributed by atoms with van der Waals surface area (Å²) in [5, 5.41) is 11.1. The zero-order chi connectivity index (χ0) is 58.2. The van der Waals surface area contributed by atoms with Crippen molar-refractivity contribution in [3.63, 3.8) is 0 Å². The van der Waals surface area contributed by atoms with Crippen LogP contribution in [0.3, 0.4) is 0 Å². The van der Waals surface area contributed by atoms with Gasteiger partial charge in [0.15, 0.2) is 23.3 Å². The Kier molecular flexibility index (Phi) is 16.0. The van der Waals surface area contributed by atoms with E-state index in [1.165, 1.54) is 22.2 Å². The number of nitrogens with one attached hydrogen (secondary N) is 3. The van der Waals surface area contributed by atoms with Crippen LogP contribution in [0.2, 0.25) is 25.4 Å². The van der Waals surface area contributed by atoms with Crippen molar-refractivity contribution in [3.05, 3.63) is 98.7 Å². The Morgan fingerprint density at radius 3 is 1.56 bits per heavy atom. The molecular weight excluding hydrogens is 1070 g/mol. The summed E-state index contributed by atoms with van der Waals surface area (Å²) < 4.78 is 55.9. The summed E-state index contributed by atoms with van der Waals surface area (Å²) in [5.41, 5.74) is 9.62. The zero-order valence-corrected chi connectivity index (χ0v) is 44.6. The van der Waals surface area contributed by atoms with E-state index < -0.39 is 14.0 Å². The summed E-state index contributed by atoms with van der Waals surface area (Å²) in [4.78, 5) is 59.9. The topological polar surface area (TPSA) is 211 Å². The fourth-order valence-electron chi connectivity index (χ4n) is 8.41. The van der Waals surface area contributed by atoms with E-state index in [-0.39, 0.29) is 28.1 Å². The van der Waals surface area contributed by atoms with Crippen LogP contribution in [-0.2, 0) is 9.59 Å². The maximum absolute atomic E-state index is 12.3. The number of amides is 2. The van der Waals surface area contributed by atoms with Crippen molar-refractivity contribution in [2.24, 2.45) is 0 Å². The number of rotatable bonds is 12. The van der Waals surface area contributed by atoms with Crippen LogP contribution < -0.4 is 50.8 Å². The predicted octanol–water partition coefficient (Wildman–Crippen LogP) is 9.28. The minimum atomic E-state index is -2.11. The molecule has 0 unspecified atom stereocenters. The lowest BCUT2D eigenvalue weighted by atomic mass is 10.2. The first kappa shape index (κ1) is 47.1. The number of hydrogen-bond acceptors (Lipinski definition) is 18. The van der Waals surface area contributed by atoms with Crippen LogP contribution in [0.1, 0.15) is 33.9 Å². The van der Waals surface area contributed by atoms with Crippen molar-refractivity contribution in [2.45, 2.75) is 25.7 Å². The Bertz CT molecular complexity index is 3210. The molecule has 8 heterocycles. The molecule has 4 aromatic heterocycles. The average molecular weight is 1130 g/mol. The number of hydrogen-bond donors (Lipinski definition) is 4. The van der Waals surface area contributed by atoms with E-state index in [0.29, 0.717) is 151 Å². The molecule has 0 aliphatic carbocycles. The fraction of sp³-hybridized carbons (Fsp3) is 0.360. The number of likely N-dealkylation sites (N-methyl/N-ethyl adjacent to an activating group) is 2. The molecule has 4 aliphatic rings. The van der Waals surface area contributed by atoms with Crippen LogP contribution in [0.25, 0.3) is 0 Å². The molecule has 25 heteroatoms. The summed E-state index contributed by atoms with van der Waals surface area (Å²) in [7, 11) is 3.10. The molecule has 5 N–H and O–H groups in total. The van der Waals surface area contributed by atoms with Gasteiger partial charge >= 0.3 is 0 Å². The molecule has 4 fully saturated rings. The Morgan fingerprint density at radius 1 is 0.573 bits per heavy atom. The first-order valence-electron chi connectivity index (χ1n) is 26.6. The molecule has 0 spiro atoms. The second-order valence-electron chi connectivity index (χ2n) is 17.1. The Labute approximate surface area is 468 Å². The van der Waals surface area contributed by atoms with Crippen LogP contribution in [0, 0.1) is 0 Å². The van der Waals surface area contributed by atoms with E-state index in [0.717, 1.165) is 24.2 Å². The number of nitrogens with zero attached hydrogens (tertiary/aromatic N) is 12. The number of halogens is 5. The highest BCUT2D eigenvalue weighted by Gasteiger charge is 2.27. The molecule has 0 atom stereocenters. The van der Waals surface area contributed by atoms with Gasteiger partial charge in [-0.05, 0) is 74.8 Å². The summed E-state index contributed by atoms with van der Waals surface area (Å²) in [5.74, 6) is 3.17. The third-order valence-corrected chi connectivity index (χ3v) is 13.6. The minimum Gasteiger partial charge on any atom is -0.495 e. The number of benzene rings is 2. The molecule has 4 saturated heterocycles. The van der Waals surface area contributed by atoms with Gasteiger partial charge in [0.2, 0.25) is 23.0 Å². The molecule has 10 rings (SSSR count). The molecule has 6 aromatic rings. The third-order valence-electron chi connectivity index (χ3n) is 12.3. The van der Waals surface area contributed by atoms with Gasteiger partial charge in [0.05, 0.1) is 70.8 Å². The van der Waals surface area contributed by atoms with E-state index in [1.54, 1.807) is 84.9 Å². The van der Waals surface area contributed by atoms with Crippen molar-refractivity contribution < 1.29 is 27.3 Å². The Hall–Kier alpha value is -6.39. The molecule has 0 saturated carbocycles. The van der Waals surface area contributed by atoms with Crippen LogP contribution in [0.4, 0.5) is 63.3 Å². The summed E-state index contributed by atoms with van der Waals surface area (Å²) in [6, 6.07) is 14.1. The molecule has 75 heavy (non-hydrogen) atoms. The smallest absolute Gasteiger partial charge is 0.229 e. The fourth-order valence-corrected chi connectivity index (χ4v) is 9.40. The highest BCUT2D eigenvalue weighted by Crippen LogP contribution is 2.40. The summed E-state index contributed by atoms with van der Waals surface area (Å²) in [6.07, 6.45) is 8.78. The number of anilines is 11. The van der Waals surface area contributed by atoms with Gasteiger partial charge in [-0.1, -0.05) is 46.4 Å². The second-order valence-corrected chi connectivity index (χ2v) is 19.1. The number of nitrogens with two attached hydrogens (primary N) is 1. The van der Waals surface area contributed by atoms with Crippen LogP contribution >= 0.6 is 58.0 Å². The van der Waals surface area contributed by atoms with E-state index in [9.17, 15) is 9.59 Å². The highest BCUT2D eigenvalue weighted by atomic mass is 35.5. The van der Waals surface area contributed by atoms with Crippen molar-refractivity contribution in [2.75, 3.05) is 135 Å². The van der Waals surface area contributed by atoms with Crippen LogP contribution in [0.5, 0.6) is 11.5 Å². The third kappa shape index (κ3) is 13.7. The largest absolute Gasteiger partial charge is 0.495 e. The lowest BCUT2D eigenvalue weighted by Gasteiger charge is -2.34. The average Bonchev–Trinajstić information content (AvgIpc) is 4.12. The molecule has 0 radical (unpaired) electrons. The number of carbonyl (C=O) groups excluding carboxylic acids is 2. The number of nitrogen functional groups attached to an aromatic ring is 1. The van der Waals surface area contributed by atoms with Crippen LogP contribution in [-0.4, -0.2) is 145 Å². The molecule has 396 valence electrons. The Morgan fingerprint density at radius 2 is 1.07 bits per heavy atom. The van der Waals surface area contributed by atoms with Gasteiger partial charge < -0.3 is 50.8 Å². The van der Waals surface area contributed by atoms with Gasteiger partial charge in [-0.2, -0.15) is 9.97 Å². The quantitative estimate of drug-likeness (QED) is 0.0664. The number of piperazine rings is 2. The molecule has 0 bridgehead atoms.